The summed E-state index contributed by atoms with van der Waals surface area (Å²) < 4.78 is 0. The number of nitrogens with zero attached hydrogens (tertiary/aromatic N) is 1. The summed E-state index contributed by atoms with van der Waals surface area (Å²) in [5.74, 6) is 1.08. The van der Waals surface area contributed by atoms with Crippen molar-refractivity contribution in [3.05, 3.63) is 0 Å². The van der Waals surface area contributed by atoms with Crippen LogP contribution in [0.2, 0.25) is 0 Å². The lowest BCUT2D eigenvalue weighted by atomic mass is 9.94. The van der Waals surface area contributed by atoms with Gasteiger partial charge in [0.15, 0.2) is 0 Å². The summed E-state index contributed by atoms with van der Waals surface area (Å²) in [6.07, 6.45) is 4.14. The van der Waals surface area contributed by atoms with E-state index >= 15 is 0 Å². The molecule has 3 N–H and O–H groups in total. The third kappa shape index (κ3) is 6.57. The van der Waals surface area contributed by atoms with Crippen LogP contribution in [0.5, 0.6) is 0 Å². The van der Waals surface area contributed by atoms with E-state index in [0.717, 1.165) is 18.9 Å². The van der Waals surface area contributed by atoms with Crippen LogP contribution in [0.15, 0.2) is 0 Å². The van der Waals surface area contributed by atoms with E-state index < -0.39 is 0 Å². The van der Waals surface area contributed by atoms with Gasteiger partial charge in [-0.1, -0.05) is 13.8 Å². The van der Waals surface area contributed by atoms with Crippen molar-refractivity contribution < 1.29 is 9.90 Å². The maximum atomic E-state index is 11.8. The number of nitrogens with one attached hydrogen (secondary N) is 2. The van der Waals surface area contributed by atoms with E-state index in [9.17, 15) is 4.79 Å². The van der Waals surface area contributed by atoms with Crippen molar-refractivity contribution in [1.29, 1.82) is 0 Å². The number of aliphatic hydroxyl groups is 1. The minimum atomic E-state index is -0.106. The molecule has 0 spiro atoms. The lowest BCUT2D eigenvalue weighted by Crippen LogP contribution is -2.45. The number of piperidine rings is 1. The molecule has 20 heavy (non-hydrogen) atoms. The van der Waals surface area contributed by atoms with Gasteiger partial charge in [-0.3, -0.25) is 0 Å². The third-order valence-electron chi connectivity index (χ3n) is 4.24. The van der Waals surface area contributed by atoms with E-state index in [1.165, 1.54) is 25.9 Å². The molecule has 5 heteroatoms. The summed E-state index contributed by atoms with van der Waals surface area (Å²) in [5.41, 5.74) is 0. The van der Waals surface area contributed by atoms with Crippen LogP contribution in [0.4, 0.5) is 4.79 Å². The predicted molar refractivity (Wildman–Crippen MR) is 81.7 cm³/mol. The number of amides is 2. The van der Waals surface area contributed by atoms with E-state index in [1.54, 1.807) is 0 Å². The molecule has 0 bridgehead atoms. The van der Waals surface area contributed by atoms with Gasteiger partial charge in [0.05, 0.1) is 0 Å². The second-order valence-corrected chi connectivity index (χ2v) is 6.30. The number of hydrogen-bond acceptors (Lipinski definition) is 3. The molecule has 0 aromatic carbocycles. The molecule has 0 aliphatic carbocycles. The Morgan fingerprint density at radius 1 is 1.35 bits per heavy atom. The first kappa shape index (κ1) is 17.2. The molecule has 1 aliphatic heterocycles. The zero-order valence-electron chi connectivity index (χ0n) is 13.2. The Balaban J connectivity index is 2.16. The van der Waals surface area contributed by atoms with Gasteiger partial charge in [0.25, 0.3) is 0 Å². The zero-order valence-corrected chi connectivity index (χ0v) is 13.2. The van der Waals surface area contributed by atoms with Crippen molar-refractivity contribution in [3.8, 4) is 0 Å². The Morgan fingerprint density at radius 2 is 2.00 bits per heavy atom. The molecule has 1 atom stereocenters. The van der Waals surface area contributed by atoms with Crippen molar-refractivity contribution in [2.24, 2.45) is 11.8 Å². The summed E-state index contributed by atoms with van der Waals surface area (Å²) in [6.45, 7) is 7.30. The number of urea groups is 1. The summed E-state index contributed by atoms with van der Waals surface area (Å²) >= 11 is 0. The van der Waals surface area contributed by atoms with Gasteiger partial charge >= 0.3 is 6.03 Å². The Morgan fingerprint density at radius 3 is 2.55 bits per heavy atom. The van der Waals surface area contributed by atoms with Crippen molar-refractivity contribution in [1.82, 2.24) is 15.5 Å². The molecule has 1 aliphatic rings. The molecule has 1 rings (SSSR count). The highest BCUT2D eigenvalue weighted by atomic mass is 16.3. The van der Waals surface area contributed by atoms with Gasteiger partial charge in [0, 0.05) is 19.2 Å². The van der Waals surface area contributed by atoms with Crippen molar-refractivity contribution in [3.63, 3.8) is 0 Å². The number of carbonyl (C=O) groups is 1. The summed E-state index contributed by atoms with van der Waals surface area (Å²) in [5, 5.41) is 14.9. The molecule has 1 fully saturated rings. The molecule has 118 valence electrons. The van der Waals surface area contributed by atoms with Gasteiger partial charge in [-0.05, 0) is 57.7 Å². The van der Waals surface area contributed by atoms with Crippen LogP contribution in [-0.4, -0.2) is 55.4 Å². The Bertz CT molecular complexity index is 276. The average molecular weight is 285 g/mol. The van der Waals surface area contributed by atoms with Crippen LogP contribution in [0.3, 0.4) is 0 Å². The van der Waals surface area contributed by atoms with Crippen LogP contribution in [0, 0.1) is 11.8 Å². The van der Waals surface area contributed by atoms with Crippen molar-refractivity contribution in [2.75, 3.05) is 33.3 Å². The van der Waals surface area contributed by atoms with Gasteiger partial charge in [-0.15, -0.1) is 0 Å². The Labute approximate surface area is 123 Å². The molecular weight excluding hydrogens is 254 g/mol. The van der Waals surface area contributed by atoms with Gasteiger partial charge in [-0.25, -0.2) is 4.79 Å². The lowest BCUT2D eigenvalue weighted by Gasteiger charge is -2.29. The minimum absolute atomic E-state index is 0.0448. The van der Waals surface area contributed by atoms with Crippen LogP contribution >= 0.6 is 0 Å². The van der Waals surface area contributed by atoms with Gasteiger partial charge in [-0.2, -0.15) is 0 Å². The van der Waals surface area contributed by atoms with Crippen LogP contribution < -0.4 is 10.6 Å². The molecule has 0 saturated carbocycles. The molecular formula is C15H31N3O2. The Kier molecular flexibility index (Phi) is 7.92. The number of likely N-dealkylation sites (tertiary alicyclic amines) is 1. The fraction of sp³-hybridized carbons (Fsp3) is 0.933. The van der Waals surface area contributed by atoms with Gasteiger partial charge in [0.1, 0.15) is 0 Å². The first-order chi connectivity index (χ1) is 9.52. The standard InChI is InChI=1S/C15H31N3O2/c1-12(2)14(7-11-19)17-15(20)16-8-4-13-5-9-18(3)10-6-13/h12-14,19H,4-11H2,1-3H3,(H2,16,17,20). The second kappa shape index (κ2) is 9.19. The summed E-state index contributed by atoms with van der Waals surface area (Å²) in [6, 6.07) is -0.0617. The predicted octanol–water partition coefficient (Wildman–Crippen LogP) is 1.42. The monoisotopic (exact) mass is 285 g/mol. The van der Waals surface area contributed by atoms with Crippen LogP contribution in [0.25, 0.3) is 0 Å². The number of hydrogen-bond donors (Lipinski definition) is 3. The third-order valence-corrected chi connectivity index (χ3v) is 4.24. The van der Waals surface area contributed by atoms with Gasteiger partial charge in [0.2, 0.25) is 0 Å². The Hall–Kier alpha value is -0.810. The first-order valence-corrected chi connectivity index (χ1v) is 7.86. The van der Waals surface area contributed by atoms with E-state index in [4.69, 9.17) is 5.11 Å². The van der Waals surface area contributed by atoms with Crippen LogP contribution in [-0.2, 0) is 0 Å². The maximum absolute atomic E-state index is 11.8. The topological polar surface area (TPSA) is 64.6 Å². The van der Waals surface area contributed by atoms with E-state index in [2.05, 4.69) is 36.4 Å². The highest BCUT2D eigenvalue weighted by Gasteiger charge is 2.18. The van der Waals surface area contributed by atoms with E-state index in [-0.39, 0.29) is 18.7 Å². The fourth-order valence-corrected chi connectivity index (χ4v) is 2.67. The molecule has 1 unspecified atom stereocenters. The summed E-state index contributed by atoms with van der Waals surface area (Å²) in [7, 11) is 2.16. The summed E-state index contributed by atoms with van der Waals surface area (Å²) in [4.78, 5) is 14.2. The van der Waals surface area contributed by atoms with Crippen LogP contribution in [0.1, 0.15) is 39.5 Å². The highest BCUT2D eigenvalue weighted by Crippen LogP contribution is 2.18. The minimum Gasteiger partial charge on any atom is -0.396 e. The normalized spacial score (nSPS) is 19.1. The SMILES string of the molecule is CC(C)C(CCO)NC(=O)NCCC1CCN(C)CC1. The second-order valence-electron chi connectivity index (χ2n) is 6.30. The fourth-order valence-electron chi connectivity index (χ4n) is 2.67. The maximum Gasteiger partial charge on any atom is 0.315 e. The van der Waals surface area contributed by atoms with Crippen molar-refractivity contribution in [2.45, 2.75) is 45.6 Å². The highest BCUT2D eigenvalue weighted by molar-refractivity contribution is 5.74. The van der Waals surface area contributed by atoms with E-state index in [1.807, 2.05) is 0 Å². The molecule has 1 heterocycles. The molecule has 5 nitrogen and oxygen atoms in total. The molecule has 2 amide bonds. The lowest BCUT2D eigenvalue weighted by molar-refractivity contribution is 0.206. The number of aliphatic hydroxyl groups excluding tert-OH is 1. The molecule has 1 saturated heterocycles. The van der Waals surface area contributed by atoms with Gasteiger partial charge < -0.3 is 20.6 Å². The molecule has 0 aromatic heterocycles. The molecule has 0 aromatic rings. The largest absolute Gasteiger partial charge is 0.396 e. The zero-order chi connectivity index (χ0) is 15.0. The average Bonchev–Trinajstić information content (AvgIpc) is 2.40. The molecule has 0 radical (unpaired) electrons. The smallest absolute Gasteiger partial charge is 0.315 e. The van der Waals surface area contributed by atoms with Crippen molar-refractivity contribution >= 4 is 6.03 Å². The number of rotatable bonds is 7. The quantitative estimate of drug-likeness (QED) is 0.663. The number of carbonyl (C=O) groups excluding carboxylic acids is 1. The van der Waals surface area contributed by atoms with E-state index in [0.29, 0.717) is 12.3 Å². The first-order valence-electron chi connectivity index (χ1n) is 7.86.